The third-order valence-electron chi connectivity index (χ3n) is 5.89. The minimum atomic E-state index is -0.212. The molecule has 1 amide bonds. The average Bonchev–Trinajstić information content (AvgIpc) is 3.11. The lowest BCUT2D eigenvalue weighted by Gasteiger charge is -2.36. The van der Waals surface area contributed by atoms with Crippen LogP contribution >= 0.6 is 11.6 Å². The first-order valence-corrected chi connectivity index (χ1v) is 11.0. The van der Waals surface area contributed by atoms with Gasteiger partial charge in [-0.2, -0.15) is 5.26 Å². The predicted molar refractivity (Wildman–Crippen MR) is 129 cm³/mol. The van der Waals surface area contributed by atoms with Crippen LogP contribution in [0.25, 0.3) is 11.8 Å². The summed E-state index contributed by atoms with van der Waals surface area (Å²) in [6.07, 6.45) is 1.71. The van der Waals surface area contributed by atoms with Gasteiger partial charge in [-0.05, 0) is 68.0 Å². The van der Waals surface area contributed by atoms with Crippen molar-refractivity contribution in [1.29, 1.82) is 5.26 Å². The summed E-state index contributed by atoms with van der Waals surface area (Å²) in [5.74, 6) is -0.212. The highest BCUT2D eigenvalue weighted by Gasteiger charge is 2.24. The number of benzene rings is 2. The molecule has 0 N–H and O–H groups in total. The van der Waals surface area contributed by atoms with E-state index in [0.717, 1.165) is 41.4 Å². The van der Waals surface area contributed by atoms with E-state index >= 15 is 0 Å². The number of aromatic nitrogens is 1. The van der Waals surface area contributed by atoms with Crippen LogP contribution in [0.1, 0.15) is 17.0 Å². The third kappa shape index (κ3) is 4.42. The Balaban J connectivity index is 1.52. The molecule has 1 saturated heterocycles. The van der Waals surface area contributed by atoms with Gasteiger partial charge in [0, 0.05) is 54.0 Å². The second-order valence-corrected chi connectivity index (χ2v) is 8.36. The Kier molecular flexibility index (Phi) is 6.34. The Morgan fingerprint density at radius 2 is 1.62 bits per heavy atom. The van der Waals surface area contributed by atoms with Gasteiger partial charge in [-0.15, -0.1) is 0 Å². The normalized spacial score (nSPS) is 14.4. The molecule has 162 valence electrons. The molecule has 0 saturated carbocycles. The van der Waals surface area contributed by atoms with E-state index in [1.807, 2.05) is 62.4 Å². The van der Waals surface area contributed by atoms with Crippen LogP contribution in [0, 0.1) is 25.2 Å². The summed E-state index contributed by atoms with van der Waals surface area (Å²) < 4.78 is 2.10. The van der Waals surface area contributed by atoms with Gasteiger partial charge in [0.2, 0.25) is 0 Å². The maximum absolute atomic E-state index is 13.1. The highest BCUT2D eigenvalue weighted by Crippen LogP contribution is 2.24. The number of nitrogens with zero attached hydrogens (tertiary/aromatic N) is 4. The molecule has 6 heteroatoms. The van der Waals surface area contributed by atoms with Gasteiger partial charge in [0.15, 0.2) is 0 Å². The molecule has 5 nitrogen and oxygen atoms in total. The van der Waals surface area contributed by atoms with Crippen LogP contribution in [0.5, 0.6) is 0 Å². The molecule has 2 aromatic carbocycles. The van der Waals surface area contributed by atoms with Crippen molar-refractivity contribution in [2.75, 3.05) is 31.1 Å². The Hall–Kier alpha value is -3.49. The zero-order valence-corrected chi connectivity index (χ0v) is 19.0. The lowest BCUT2D eigenvalue weighted by atomic mass is 10.1. The van der Waals surface area contributed by atoms with E-state index in [9.17, 15) is 10.1 Å². The number of halogens is 1. The number of nitriles is 1. The van der Waals surface area contributed by atoms with Crippen molar-refractivity contribution in [3.63, 3.8) is 0 Å². The number of anilines is 1. The maximum atomic E-state index is 13.1. The van der Waals surface area contributed by atoms with Gasteiger partial charge in [-0.25, -0.2) is 0 Å². The van der Waals surface area contributed by atoms with Crippen molar-refractivity contribution < 1.29 is 4.79 Å². The number of piperazine rings is 1. The van der Waals surface area contributed by atoms with E-state index in [0.29, 0.717) is 18.1 Å². The van der Waals surface area contributed by atoms with Gasteiger partial charge in [-0.3, -0.25) is 4.79 Å². The predicted octanol–water partition coefficient (Wildman–Crippen LogP) is 5.00. The lowest BCUT2D eigenvalue weighted by molar-refractivity contribution is -0.126. The summed E-state index contributed by atoms with van der Waals surface area (Å²) in [6, 6.07) is 21.9. The molecule has 1 fully saturated rings. The van der Waals surface area contributed by atoms with E-state index in [2.05, 4.69) is 27.7 Å². The number of carbonyl (C=O) groups is 1. The molecule has 3 aromatic rings. The van der Waals surface area contributed by atoms with Gasteiger partial charge < -0.3 is 14.4 Å². The van der Waals surface area contributed by atoms with Gasteiger partial charge in [0.05, 0.1) is 0 Å². The van der Waals surface area contributed by atoms with Crippen LogP contribution in [-0.2, 0) is 4.79 Å². The maximum Gasteiger partial charge on any atom is 0.264 e. The number of aryl methyl sites for hydroxylation is 1. The number of para-hydroxylation sites is 1. The van der Waals surface area contributed by atoms with E-state index < -0.39 is 0 Å². The Morgan fingerprint density at radius 1 is 0.969 bits per heavy atom. The second kappa shape index (κ2) is 9.33. The first-order chi connectivity index (χ1) is 15.5. The summed E-state index contributed by atoms with van der Waals surface area (Å²) in [5.41, 5.74) is 5.17. The third-order valence-corrected chi connectivity index (χ3v) is 6.15. The Labute approximate surface area is 193 Å². The first kappa shape index (κ1) is 21.7. The Morgan fingerprint density at radius 3 is 2.25 bits per heavy atom. The van der Waals surface area contributed by atoms with Crippen LogP contribution in [-0.4, -0.2) is 41.6 Å². The van der Waals surface area contributed by atoms with Gasteiger partial charge in [0.1, 0.15) is 11.6 Å². The van der Waals surface area contributed by atoms with Gasteiger partial charge in [0.25, 0.3) is 5.91 Å². The highest BCUT2D eigenvalue weighted by atomic mass is 35.5. The topological polar surface area (TPSA) is 52.3 Å². The molecule has 0 bridgehead atoms. The zero-order chi connectivity index (χ0) is 22.7. The molecule has 1 aliphatic heterocycles. The van der Waals surface area contributed by atoms with Crippen molar-refractivity contribution in [1.82, 2.24) is 9.47 Å². The molecule has 0 atom stereocenters. The first-order valence-electron chi connectivity index (χ1n) is 10.6. The fraction of sp³-hybridized carbons (Fsp3) is 0.231. The minimum absolute atomic E-state index is 0.162. The number of rotatable bonds is 4. The molecule has 32 heavy (non-hydrogen) atoms. The van der Waals surface area contributed by atoms with Crippen molar-refractivity contribution in [2.24, 2.45) is 0 Å². The van der Waals surface area contributed by atoms with Crippen LogP contribution in [0.4, 0.5) is 5.69 Å². The van der Waals surface area contributed by atoms with E-state index in [4.69, 9.17) is 11.6 Å². The van der Waals surface area contributed by atoms with E-state index in [1.54, 1.807) is 11.0 Å². The van der Waals surface area contributed by atoms with Gasteiger partial charge >= 0.3 is 0 Å². The quantitative estimate of drug-likeness (QED) is 0.420. The van der Waals surface area contributed by atoms with Crippen molar-refractivity contribution in [3.05, 3.63) is 88.2 Å². The van der Waals surface area contributed by atoms with E-state index in [-0.39, 0.29) is 11.5 Å². The molecule has 0 radical (unpaired) electrons. The van der Waals surface area contributed by atoms with Crippen LogP contribution < -0.4 is 4.90 Å². The van der Waals surface area contributed by atoms with E-state index in [1.165, 1.54) is 0 Å². The van der Waals surface area contributed by atoms with Gasteiger partial charge in [-0.1, -0.05) is 29.8 Å². The number of amides is 1. The molecule has 0 aliphatic carbocycles. The standard InChI is InChI=1S/C26H25ClN4O/c1-19-16-21(20(2)31(19)25-10-8-23(27)9-11-25)17-22(18-28)26(32)30-14-12-29(13-15-30)24-6-4-3-5-7-24/h3-11,16-17H,12-15H2,1-2H3/b22-17+. The van der Waals surface area contributed by atoms with Crippen molar-refractivity contribution in [3.8, 4) is 11.8 Å². The van der Waals surface area contributed by atoms with Crippen LogP contribution in [0.15, 0.2) is 66.2 Å². The van der Waals surface area contributed by atoms with Crippen molar-refractivity contribution in [2.45, 2.75) is 13.8 Å². The summed E-state index contributed by atoms with van der Waals surface area (Å²) in [7, 11) is 0. The zero-order valence-electron chi connectivity index (χ0n) is 18.3. The fourth-order valence-corrected chi connectivity index (χ4v) is 4.32. The summed E-state index contributed by atoms with van der Waals surface area (Å²) >= 11 is 6.02. The molecule has 0 unspecified atom stereocenters. The SMILES string of the molecule is Cc1cc(/C=C(\C#N)C(=O)N2CCN(c3ccccc3)CC2)c(C)n1-c1ccc(Cl)cc1. The molecule has 0 spiro atoms. The molecule has 4 rings (SSSR count). The second-order valence-electron chi connectivity index (χ2n) is 7.92. The lowest BCUT2D eigenvalue weighted by Crippen LogP contribution is -2.49. The van der Waals surface area contributed by atoms with Crippen LogP contribution in [0.3, 0.4) is 0 Å². The minimum Gasteiger partial charge on any atom is -0.368 e. The summed E-state index contributed by atoms with van der Waals surface area (Å²) in [6.45, 7) is 6.69. The fourth-order valence-electron chi connectivity index (χ4n) is 4.20. The average molecular weight is 445 g/mol. The Bertz CT molecular complexity index is 1180. The number of hydrogen-bond donors (Lipinski definition) is 0. The number of hydrogen-bond acceptors (Lipinski definition) is 3. The number of carbonyl (C=O) groups excluding carboxylic acids is 1. The molecule has 2 heterocycles. The monoisotopic (exact) mass is 444 g/mol. The molecular formula is C26H25ClN4O. The van der Waals surface area contributed by atoms with Crippen molar-refractivity contribution >= 4 is 29.3 Å². The van der Waals surface area contributed by atoms with Crippen LogP contribution in [0.2, 0.25) is 5.02 Å². The molecule has 1 aliphatic rings. The summed E-state index contributed by atoms with van der Waals surface area (Å²) in [5, 5.41) is 10.4. The molecule has 1 aromatic heterocycles. The molecular weight excluding hydrogens is 420 g/mol. The smallest absolute Gasteiger partial charge is 0.264 e. The largest absolute Gasteiger partial charge is 0.368 e. The highest BCUT2D eigenvalue weighted by molar-refractivity contribution is 6.30. The summed E-state index contributed by atoms with van der Waals surface area (Å²) in [4.78, 5) is 17.1.